The highest BCUT2D eigenvalue weighted by molar-refractivity contribution is 5.47. The molecule has 11 heavy (non-hydrogen) atoms. The van der Waals surface area contributed by atoms with E-state index in [2.05, 4.69) is 15.1 Å². The summed E-state index contributed by atoms with van der Waals surface area (Å²) in [7, 11) is 0. The van der Waals surface area contributed by atoms with Gasteiger partial charge < -0.3 is 5.32 Å². The fourth-order valence-electron chi connectivity index (χ4n) is 0.738. The van der Waals surface area contributed by atoms with E-state index in [0.29, 0.717) is 5.69 Å². The third-order valence-electron chi connectivity index (χ3n) is 1.23. The quantitative estimate of drug-likeness (QED) is 0.649. The Morgan fingerprint density at radius 3 is 2.91 bits per heavy atom. The van der Waals surface area contributed by atoms with Gasteiger partial charge in [-0.15, -0.1) is 0 Å². The van der Waals surface area contributed by atoms with Crippen molar-refractivity contribution in [1.82, 2.24) is 4.98 Å². The van der Waals surface area contributed by atoms with Crippen LogP contribution in [0.25, 0.3) is 4.85 Å². The maximum atomic E-state index is 6.68. The number of anilines is 1. The molecule has 0 aromatic carbocycles. The summed E-state index contributed by atoms with van der Waals surface area (Å²) in [5.41, 5.74) is 0.576. The molecule has 3 nitrogen and oxygen atoms in total. The minimum absolute atomic E-state index is 0.576. The molecule has 1 aromatic heterocycles. The van der Waals surface area contributed by atoms with E-state index in [-0.39, 0.29) is 0 Å². The minimum Gasteiger partial charge on any atom is -0.370 e. The summed E-state index contributed by atoms with van der Waals surface area (Å²) >= 11 is 0. The zero-order valence-electron chi connectivity index (χ0n) is 6.33. The van der Waals surface area contributed by atoms with Crippen LogP contribution in [-0.4, -0.2) is 11.5 Å². The Morgan fingerprint density at radius 1 is 1.64 bits per heavy atom. The first kappa shape index (κ1) is 7.55. The van der Waals surface area contributed by atoms with Crippen LogP contribution in [0.4, 0.5) is 11.5 Å². The van der Waals surface area contributed by atoms with E-state index in [1.54, 1.807) is 18.3 Å². The fraction of sp³-hybridized carbons (Fsp3) is 0.250. The predicted molar refractivity (Wildman–Crippen MR) is 44.7 cm³/mol. The summed E-state index contributed by atoms with van der Waals surface area (Å²) in [5, 5.41) is 3.04. The van der Waals surface area contributed by atoms with E-state index in [1.807, 2.05) is 6.92 Å². The van der Waals surface area contributed by atoms with E-state index in [1.165, 1.54) is 0 Å². The topological polar surface area (TPSA) is 29.3 Å². The number of pyridine rings is 1. The molecular weight excluding hydrogens is 138 g/mol. The lowest BCUT2D eigenvalue weighted by atomic mass is 10.4. The lowest BCUT2D eigenvalue weighted by molar-refractivity contribution is 1.16. The van der Waals surface area contributed by atoms with E-state index in [0.717, 1.165) is 12.4 Å². The predicted octanol–water partition coefficient (Wildman–Crippen LogP) is 2.06. The largest absolute Gasteiger partial charge is 0.370 e. The molecule has 0 aliphatic carbocycles. The van der Waals surface area contributed by atoms with Gasteiger partial charge in [-0.25, -0.2) is 4.85 Å². The number of nitrogens with one attached hydrogen (secondary N) is 1. The van der Waals surface area contributed by atoms with Gasteiger partial charge in [0, 0.05) is 12.7 Å². The first-order valence-electron chi connectivity index (χ1n) is 3.44. The molecule has 0 aliphatic rings. The molecule has 0 unspecified atom stereocenters. The van der Waals surface area contributed by atoms with Crippen LogP contribution in [0.2, 0.25) is 0 Å². The highest BCUT2D eigenvalue weighted by Crippen LogP contribution is 2.11. The first-order chi connectivity index (χ1) is 5.36. The molecular formula is C8H9N3. The van der Waals surface area contributed by atoms with Gasteiger partial charge in [-0.3, -0.25) is 4.98 Å². The molecule has 0 saturated carbocycles. The van der Waals surface area contributed by atoms with Gasteiger partial charge in [-0.2, -0.15) is 0 Å². The molecule has 0 aliphatic heterocycles. The van der Waals surface area contributed by atoms with Gasteiger partial charge in [0.2, 0.25) is 5.69 Å². The molecule has 0 spiro atoms. The average molecular weight is 147 g/mol. The number of nitrogens with zero attached hydrogens (tertiary/aromatic N) is 2. The second-order valence-corrected chi connectivity index (χ2v) is 2.04. The van der Waals surface area contributed by atoms with Crippen molar-refractivity contribution in [1.29, 1.82) is 0 Å². The van der Waals surface area contributed by atoms with Crippen molar-refractivity contribution in [3.8, 4) is 0 Å². The molecule has 0 bridgehead atoms. The van der Waals surface area contributed by atoms with Crippen LogP contribution < -0.4 is 5.32 Å². The van der Waals surface area contributed by atoms with Gasteiger partial charge in [0.05, 0.1) is 6.57 Å². The molecule has 56 valence electrons. The molecule has 0 fully saturated rings. The van der Waals surface area contributed by atoms with Crippen molar-refractivity contribution in [3.63, 3.8) is 0 Å². The average Bonchev–Trinajstić information content (AvgIpc) is 2.07. The zero-order valence-corrected chi connectivity index (χ0v) is 6.33. The van der Waals surface area contributed by atoms with Crippen molar-refractivity contribution in [3.05, 3.63) is 29.7 Å². The lowest BCUT2D eigenvalue weighted by Gasteiger charge is -1.99. The third kappa shape index (κ3) is 1.94. The van der Waals surface area contributed by atoms with Crippen LogP contribution in [0.5, 0.6) is 0 Å². The van der Waals surface area contributed by atoms with Crippen LogP contribution in [0.1, 0.15) is 6.92 Å². The van der Waals surface area contributed by atoms with Crippen LogP contribution in [-0.2, 0) is 0 Å². The maximum absolute atomic E-state index is 6.68. The zero-order chi connectivity index (χ0) is 8.10. The van der Waals surface area contributed by atoms with Gasteiger partial charge in [-0.1, -0.05) is 6.07 Å². The van der Waals surface area contributed by atoms with E-state index >= 15 is 0 Å². The second kappa shape index (κ2) is 3.57. The smallest absolute Gasteiger partial charge is 0.205 e. The van der Waals surface area contributed by atoms with Gasteiger partial charge >= 0.3 is 0 Å². The van der Waals surface area contributed by atoms with Gasteiger partial charge in [0.15, 0.2) is 0 Å². The molecule has 3 heteroatoms. The standard InChI is InChI=1S/C8H9N3/c1-3-10-8-5-4-7(9-2)6-11-8/h4-6H,3H2,1H3,(H,10,11). The molecule has 0 radical (unpaired) electrons. The van der Waals surface area contributed by atoms with Crippen molar-refractivity contribution < 1.29 is 0 Å². The minimum atomic E-state index is 0.576. The van der Waals surface area contributed by atoms with E-state index in [4.69, 9.17) is 6.57 Å². The summed E-state index contributed by atoms with van der Waals surface area (Å²) in [6, 6.07) is 3.55. The Hall–Kier alpha value is -1.56. The SMILES string of the molecule is [C-]#[N+]c1ccc(NCC)nc1. The monoisotopic (exact) mass is 147 g/mol. The first-order valence-corrected chi connectivity index (χ1v) is 3.44. The molecule has 1 aromatic rings. The number of hydrogen-bond donors (Lipinski definition) is 1. The molecule has 1 N–H and O–H groups in total. The van der Waals surface area contributed by atoms with Crippen LogP contribution in [0, 0.1) is 6.57 Å². The highest BCUT2D eigenvalue weighted by atomic mass is 15.0. The summed E-state index contributed by atoms with van der Waals surface area (Å²) in [4.78, 5) is 7.25. The Balaban J connectivity index is 2.76. The Bertz CT molecular complexity index is 258. The van der Waals surface area contributed by atoms with Crippen LogP contribution >= 0.6 is 0 Å². The Kier molecular flexibility index (Phi) is 2.45. The number of hydrogen-bond acceptors (Lipinski definition) is 2. The summed E-state index contributed by atoms with van der Waals surface area (Å²) < 4.78 is 0. The van der Waals surface area contributed by atoms with Crippen LogP contribution in [0.3, 0.4) is 0 Å². The van der Waals surface area contributed by atoms with E-state index < -0.39 is 0 Å². The van der Waals surface area contributed by atoms with Gasteiger partial charge in [0.1, 0.15) is 5.82 Å². The highest BCUT2D eigenvalue weighted by Gasteiger charge is 1.91. The summed E-state index contributed by atoms with van der Waals surface area (Å²) in [6.07, 6.45) is 1.56. The Morgan fingerprint density at radius 2 is 2.45 bits per heavy atom. The number of rotatable bonds is 2. The van der Waals surface area contributed by atoms with Crippen LogP contribution in [0.15, 0.2) is 18.3 Å². The fourth-order valence-corrected chi connectivity index (χ4v) is 0.738. The van der Waals surface area contributed by atoms with E-state index in [9.17, 15) is 0 Å². The Labute approximate surface area is 65.9 Å². The van der Waals surface area contributed by atoms with Crippen molar-refractivity contribution in [2.24, 2.45) is 0 Å². The third-order valence-corrected chi connectivity index (χ3v) is 1.23. The molecule has 0 saturated heterocycles. The van der Waals surface area contributed by atoms with Gasteiger partial charge in [-0.05, 0) is 13.0 Å². The normalized spacial score (nSPS) is 8.73. The van der Waals surface area contributed by atoms with Gasteiger partial charge in [0.25, 0.3) is 0 Å². The summed E-state index contributed by atoms with van der Waals surface area (Å²) in [6.45, 7) is 9.54. The summed E-state index contributed by atoms with van der Waals surface area (Å²) in [5.74, 6) is 0.819. The molecule has 0 atom stereocenters. The lowest BCUT2D eigenvalue weighted by Crippen LogP contribution is -1.97. The van der Waals surface area contributed by atoms with Crippen molar-refractivity contribution in [2.75, 3.05) is 11.9 Å². The molecule has 1 rings (SSSR count). The van der Waals surface area contributed by atoms with Crippen molar-refractivity contribution in [2.45, 2.75) is 6.92 Å². The molecule has 1 heterocycles. The molecule has 0 amide bonds. The second-order valence-electron chi connectivity index (χ2n) is 2.04. The maximum Gasteiger partial charge on any atom is 0.205 e. The number of aromatic nitrogens is 1. The van der Waals surface area contributed by atoms with Crippen molar-refractivity contribution >= 4 is 11.5 Å².